The zero-order valence-corrected chi connectivity index (χ0v) is 17.1. The Labute approximate surface area is 166 Å². The number of aryl methyl sites for hydroxylation is 2. The van der Waals surface area contributed by atoms with Crippen LogP contribution in [0.2, 0.25) is 0 Å². The first-order valence-corrected chi connectivity index (χ1v) is 11.0. The Hall–Kier alpha value is -2.32. The van der Waals surface area contributed by atoms with Crippen molar-refractivity contribution in [3.8, 4) is 0 Å². The lowest BCUT2D eigenvalue weighted by molar-refractivity contribution is 0.240. The van der Waals surface area contributed by atoms with Gasteiger partial charge in [0.2, 0.25) is 10.0 Å². The van der Waals surface area contributed by atoms with Crippen LogP contribution in [0.15, 0.2) is 39.6 Å². The smallest absolute Gasteiger partial charge is 0.315 e. The van der Waals surface area contributed by atoms with Crippen LogP contribution in [0.1, 0.15) is 41.9 Å². The number of carbonyl (C=O) groups excluding carboxylic acids is 1. The number of amides is 2. The molecule has 1 aliphatic rings. The molecule has 0 aliphatic carbocycles. The van der Waals surface area contributed by atoms with Gasteiger partial charge in [-0.3, -0.25) is 0 Å². The topological polar surface area (TPSA) is 91.7 Å². The van der Waals surface area contributed by atoms with Crippen LogP contribution in [0.25, 0.3) is 0 Å². The van der Waals surface area contributed by atoms with Gasteiger partial charge in [0.05, 0.1) is 4.90 Å². The van der Waals surface area contributed by atoms with Gasteiger partial charge in [0.15, 0.2) is 0 Å². The van der Waals surface area contributed by atoms with Gasteiger partial charge in [-0.1, -0.05) is 24.6 Å². The highest BCUT2D eigenvalue weighted by atomic mass is 32.2. The molecule has 152 valence electrons. The molecule has 1 saturated heterocycles. The van der Waals surface area contributed by atoms with Gasteiger partial charge in [-0.05, 0) is 44.4 Å². The largest absolute Gasteiger partial charge is 0.466 e. The summed E-state index contributed by atoms with van der Waals surface area (Å²) in [7, 11) is -3.55. The maximum absolute atomic E-state index is 13.0. The second kappa shape index (κ2) is 8.79. The molecule has 0 atom stereocenters. The highest BCUT2D eigenvalue weighted by molar-refractivity contribution is 7.89. The van der Waals surface area contributed by atoms with E-state index in [4.69, 9.17) is 4.42 Å². The van der Waals surface area contributed by atoms with Crippen molar-refractivity contribution in [2.24, 2.45) is 0 Å². The van der Waals surface area contributed by atoms with Crippen molar-refractivity contribution >= 4 is 16.1 Å². The summed E-state index contributed by atoms with van der Waals surface area (Å²) in [5, 5.41) is 5.52. The molecule has 0 spiro atoms. The van der Waals surface area contributed by atoms with E-state index in [1.807, 2.05) is 19.9 Å². The lowest BCUT2D eigenvalue weighted by atomic mass is 10.2. The molecule has 0 radical (unpaired) electrons. The van der Waals surface area contributed by atoms with Crippen molar-refractivity contribution in [1.29, 1.82) is 0 Å². The van der Waals surface area contributed by atoms with Gasteiger partial charge >= 0.3 is 6.03 Å². The summed E-state index contributed by atoms with van der Waals surface area (Å²) in [6.45, 7) is 5.29. The highest BCUT2D eigenvalue weighted by Gasteiger charge is 2.27. The van der Waals surface area contributed by atoms with E-state index >= 15 is 0 Å². The van der Waals surface area contributed by atoms with Gasteiger partial charge < -0.3 is 15.1 Å². The summed E-state index contributed by atoms with van der Waals surface area (Å²) in [6, 6.07) is 8.36. The molecule has 2 amide bonds. The summed E-state index contributed by atoms with van der Waals surface area (Å²) in [5.41, 5.74) is 1.50. The summed E-state index contributed by atoms with van der Waals surface area (Å²) in [4.78, 5) is 12.4. The summed E-state index contributed by atoms with van der Waals surface area (Å²) >= 11 is 0. The van der Waals surface area contributed by atoms with Crippen molar-refractivity contribution in [1.82, 2.24) is 14.9 Å². The maximum Gasteiger partial charge on any atom is 0.315 e. The van der Waals surface area contributed by atoms with Crippen molar-refractivity contribution in [2.75, 3.05) is 13.1 Å². The number of hydrogen-bond acceptors (Lipinski definition) is 4. The highest BCUT2D eigenvalue weighted by Crippen LogP contribution is 2.23. The average molecular weight is 406 g/mol. The molecule has 2 aromatic rings. The minimum atomic E-state index is -3.55. The number of rotatable bonds is 6. The third kappa shape index (κ3) is 4.74. The number of hydrogen-bond donors (Lipinski definition) is 2. The van der Waals surface area contributed by atoms with Gasteiger partial charge in [0.25, 0.3) is 0 Å². The molecule has 0 saturated carbocycles. The first kappa shape index (κ1) is 20.4. The minimum Gasteiger partial charge on any atom is -0.466 e. The lowest BCUT2D eigenvalue weighted by Gasteiger charge is -2.26. The Kier molecular flexibility index (Phi) is 6.41. The molecule has 1 aromatic carbocycles. The number of sulfonamides is 1. The number of furan rings is 1. The number of benzene rings is 1. The molecule has 2 N–H and O–H groups in total. The van der Waals surface area contributed by atoms with Gasteiger partial charge in [0, 0.05) is 31.7 Å². The van der Waals surface area contributed by atoms with E-state index in [-0.39, 0.29) is 17.5 Å². The van der Waals surface area contributed by atoms with Crippen LogP contribution in [0.5, 0.6) is 0 Å². The molecular formula is C20H27N3O4S. The zero-order valence-electron chi connectivity index (χ0n) is 16.3. The predicted molar refractivity (Wildman–Crippen MR) is 106 cm³/mol. The second-order valence-corrected chi connectivity index (χ2v) is 8.95. The van der Waals surface area contributed by atoms with Crippen LogP contribution in [0.3, 0.4) is 0 Å². The van der Waals surface area contributed by atoms with Crippen LogP contribution in [0.4, 0.5) is 4.79 Å². The van der Waals surface area contributed by atoms with Gasteiger partial charge in [-0.25, -0.2) is 13.2 Å². The molecule has 0 unspecified atom stereocenters. The lowest BCUT2D eigenvalue weighted by Crippen LogP contribution is -2.37. The van der Waals surface area contributed by atoms with E-state index in [0.717, 1.165) is 36.3 Å². The molecule has 1 aromatic heterocycles. The predicted octanol–water partition coefficient (Wildman–Crippen LogP) is 3.07. The van der Waals surface area contributed by atoms with E-state index in [1.54, 1.807) is 28.6 Å². The summed E-state index contributed by atoms with van der Waals surface area (Å²) < 4.78 is 33.0. The number of nitrogens with zero attached hydrogens (tertiary/aromatic N) is 1. The fraction of sp³-hybridized carbons (Fsp3) is 0.450. The van der Waals surface area contributed by atoms with E-state index in [9.17, 15) is 13.2 Å². The normalized spacial score (nSPS) is 15.4. The van der Waals surface area contributed by atoms with Crippen molar-refractivity contribution in [3.05, 3.63) is 53.0 Å². The van der Waals surface area contributed by atoms with Gasteiger partial charge in [-0.15, -0.1) is 0 Å². The van der Waals surface area contributed by atoms with Crippen molar-refractivity contribution < 1.29 is 17.6 Å². The van der Waals surface area contributed by atoms with Gasteiger partial charge in [-0.2, -0.15) is 4.31 Å². The van der Waals surface area contributed by atoms with Crippen LogP contribution in [-0.2, 0) is 23.1 Å². The average Bonchev–Trinajstić information content (AvgIpc) is 3.02. The fourth-order valence-electron chi connectivity index (χ4n) is 3.42. The fourth-order valence-corrected chi connectivity index (χ4v) is 5.16. The van der Waals surface area contributed by atoms with Crippen LogP contribution in [0, 0.1) is 13.8 Å². The van der Waals surface area contributed by atoms with E-state index in [1.165, 1.54) is 0 Å². The Morgan fingerprint density at radius 2 is 1.68 bits per heavy atom. The van der Waals surface area contributed by atoms with E-state index < -0.39 is 10.0 Å². The second-order valence-electron chi connectivity index (χ2n) is 7.05. The first-order chi connectivity index (χ1) is 13.4. The van der Waals surface area contributed by atoms with Gasteiger partial charge in [0.1, 0.15) is 11.5 Å². The summed E-state index contributed by atoms with van der Waals surface area (Å²) in [6.07, 6.45) is 2.83. The van der Waals surface area contributed by atoms with Crippen molar-refractivity contribution in [2.45, 2.75) is 51.1 Å². The monoisotopic (exact) mass is 405 g/mol. The Bertz CT molecular complexity index is 931. The Balaban J connectivity index is 1.63. The van der Waals surface area contributed by atoms with Crippen molar-refractivity contribution in [3.63, 3.8) is 0 Å². The number of piperidine rings is 1. The maximum atomic E-state index is 13.0. The minimum absolute atomic E-state index is 0.137. The third-order valence-corrected chi connectivity index (χ3v) is 6.93. The number of nitrogens with one attached hydrogen (secondary N) is 2. The first-order valence-electron chi connectivity index (χ1n) is 9.53. The number of carbonyl (C=O) groups is 1. The van der Waals surface area contributed by atoms with Crippen LogP contribution >= 0.6 is 0 Å². The molecule has 3 rings (SSSR count). The number of urea groups is 1. The molecular weight excluding hydrogens is 378 g/mol. The van der Waals surface area contributed by atoms with Crippen LogP contribution in [-0.4, -0.2) is 31.8 Å². The van der Waals surface area contributed by atoms with E-state index in [2.05, 4.69) is 10.6 Å². The molecule has 7 nitrogen and oxygen atoms in total. The molecule has 28 heavy (non-hydrogen) atoms. The van der Waals surface area contributed by atoms with Crippen LogP contribution < -0.4 is 10.6 Å². The molecule has 1 aliphatic heterocycles. The summed E-state index contributed by atoms with van der Waals surface area (Å²) in [5.74, 6) is 1.57. The third-order valence-electron chi connectivity index (χ3n) is 4.93. The Morgan fingerprint density at radius 1 is 1.04 bits per heavy atom. The molecule has 2 heterocycles. The SMILES string of the molecule is Cc1cc(CNC(=O)NCc2ccccc2S(=O)(=O)N2CCCCC2)c(C)o1. The van der Waals surface area contributed by atoms with E-state index in [0.29, 0.717) is 25.2 Å². The standard InChI is InChI=1S/C20H27N3O4S/c1-15-12-18(16(2)27-15)14-22-20(24)21-13-17-8-4-5-9-19(17)28(25,26)23-10-6-3-7-11-23/h4-5,8-9,12H,3,6-7,10-11,13-14H2,1-2H3,(H2,21,22,24). The molecule has 8 heteroatoms. The zero-order chi connectivity index (χ0) is 20.1. The Morgan fingerprint density at radius 3 is 2.32 bits per heavy atom. The quantitative estimate of drug-likeness (QED) is 0.773. The molecule has 1 fully saturated rings. The molecule has 0 bridgehead atoms.